The first kappa shape index (κ1) is 14.7. The van der Waals surface area contributed by atoms with Gasteiger partial charge in [-0.1, -0.05) is 0 Å². The Morgan fingerprint density at radius 3 is 2.70 bits per heavy atom. The average molecular weight is 308 g/mol. The Labute approximate surface area is 125 Å². The molecule has 0 aliphatic heterocycles. The number of amides is 2. The smallest absolute Gasteiger partial charge is 0.261 e. The summed E-state index contributed by atoms with van der Waals surface area (Å²) in [6, 6.07) is 5.73. The van der Waals surface area contributed by atoms with E-state index >= 15 is 0 Å². The second-order valence-corrected chi connectivity index (χ2v) is 6.94. The molecule has 2 heterocycles. The lowest BCUT2D eigenvalue weighted by molar-refractivity contribution is 0.0944. The highest BCUT2D eigenvalue weighted by Crippen LogP contribution is 2.18. The summed E-state index contributed by atoms with van der Waals surface area (Å²) >= 11 is 2.97. The van der Waals surface area contributed by atoms with E-state index in [0.29, 0.717) is 10.4 Å². The van der Waals surface area contributed by atoms with Crippen LogP contribution in [0.2, 0.25) is 0 Å². The van der Waals surface area contributed by atoms with Crippen LogP contribution in [0.3, 0.4) is 0 Å². The number of hydrogen-bond acceptors (Lipinski definition) is 4. The molecular weight excluding hydrogens is 292 g/mol. The fraction of sp³-hybridized carbons (Fsp3) is 0.286. The zero-order chi connectivity index (χ0) is 14.7. The van der Waals surface area contributed by atoms with Crippen molar-refractivity contribution in [2.24, 2.45) is 5.73 Å². The van der Waals surface area contributed by atoms with Crippen molar-refractivity contribution < 1.29 is 9.59 Å². The van der Waals surface area contributed by atoms with E-state index in [4.69, 9.17) is 5.73 Å². The maximum Gasteiger partial charge on any atom is 0.261 e. The molecule has 0 saturated carbocycles. The molecule has 0 aliphatic carbocycles. The molecule has 0 fully saturated rings. The number of thiophene rings is 2. The molecule has 2 aromatic heterocycles. The molecule has 0 radical (unpaired) electrons. The molecule has 0 bridgehead atoms. The molecule has 3 N–H and O–H groups in total. The van der Waals surface area contributed by atoms with E-state index in [-0.39, 0.29) is 11.9 Å². The van der Waals surface area contributed by atoms with Gasteiger partial charge in [0.05, 0.1) is 10.4 Å². The summed E-state index contributed by atoms with van der Waals surface area (Å²) < 4.78 is 0. The second kappa shape index (κ2) is 6.19. The molecule has 1 atom stereocenters. The number of carbonyl (C=O) groups excluding carboxylic acids is 2. The number of nitrogens with two attached hydrogens (primary N) is 1. The van der Waals surface area contributed by atoms with Crippen LogP contribution in [0.25, 0.3) is 0 Å². The van der Waals surface area contributed by atoms with Gasteiger partial charge in [0.25, 0.3) is 5.91 Å². The van der Waals surface area contributed by atoms with Gasteiger partial charge in [0.15, 0.2) is 0 Å². The Hall–Kier alpha value is -1.66. The van der Waals surface area contributed by atoms with Gasteiger partial charge in [-0.15, -0.1) is 22.7 Å². The van der Waals surface area contributed by atoms with E-state index in [0.717, 1.165) is 6.42 Å². The van der Waals surface area contributed by atoms with E-state index in [1.807, 2.05) is 6.92 Å². The first-order valence-corrected chi connectivity index (χ1v) is 7.90. The number of nitrogens with one attached hydrogen (secondary N) is 1. The summed E-state index contributed by atoms with van der Waals surface area (Å²) in [6.07, 6.45) is 0.804. The summed E-state index contributed by atoms with van der Waals surface area (Å²) in [6.45, 7) is 4.03. The van der Waals surface area contributed by atoms with Crippen LogP contribution >= 0.6 is 22.7 Å². The Bertz CT molecular complexity index is 631. The summed E-state index contributed by atoms with van der Waals surface area (Å²) in [5.41, 5.74) is 5.55. The number of hydrogen-bond donors (Lipinski definition) is 2. The van der Waals surface area contributed by atoms with Gasteiger partial charge in [-0.2, -0.15) is 0 Å². The Morgan fingerprint density at radius 2 is 2.15 bits per heavy atom. The fourth-order valence-electron chi connectivity index (χ4n) is 1.83. The van der Waals surface area contributed by atoms with E-state index < -0.39 is 5.91 Å². The third-order valence-electron chi connectivity index (χ3n) is 2.79. The van der Waals surface area contributed by atoms with E-state index in [9.17, 15) is 9.59 Å². The van der Waals surface area contributed by atoms with Crippen LogP contribution < -0.4 is 11.1 Å². The number of rotatable bonds is 5. The minimum Gasteiger partial charge on any atom is -0.366 e. The van der Waals surface area contributed by atoms with Crippen LogP contribution in [0.4, 0.5) is 0 Å². The standard InChI is InChI=1S/C14H16N2O2S2/c1-8(5-11-4-3-9(2)20-11)16-14(18)12-6-10(7-19-12)13(15)17/h3-4,6-8H,5H2,1-2H3,(H2,15,17)(H,16,18). The lowest BCUT2D eigenvalue weighted by Crippen LogP contribution is -2.33. The summed E-state index contributed by atoms with van der Waals surface area (Å²) in [7, 11) is 0. The first-order chi connectivity index (χ1) is 9.45. The molecule has 20 heavy (non-hydrogen) atoms. The molecular formula is C14H16N2O2S2. The van der Waals surface area contributed by atoms with Crippen LogP contribution in [-0.2, 0) is 6.42 Å². The zero-order valence-corrected chi connectivity index (χ0v) is 12.9. The minimum atomic E-state index is -0.512. The largest absolute Gasteiger partial charge is 0.366 e. The van der Waals surface area contributed by atoms with Crippen molar-refractivity contribution in [1.29, 1.82) is 0 Å². The molecule has 4 nitrogen and oxygen atoms in total. The SMILES string of the molecule is Cc1ccc(CC(C)NC(=O)c2cc(C(N)=O)cs2)s1. The molecule has 106 valence electrons. The van der Waals surface area contributed by atoms with Crippen molar-refractivity contribution in [3.05, 3.63) is 43.8 Å². The van der Waals surface area contributed by atoms with Crippen LogP contribution in [0.1, 0.15) is 36.7 Å². The van der Waals surface area contributed by atoms with Crippen molar-refractivity contribution in [2.45, 2.75) is 26.3 Å². The summed E-state index contributed by atoms with van der Waals surface area (Å²) in [4.78, 5) is 26.1. The Kier molecular flexibility index (Phi) is 4.57. The van der Waals surface area contributed by atoms with E-state index in [2.05, 4.69) is 24.4 Å². The Balaban J connectivity index is 1.94. The van der Waals surface area contributed by atoms with Crippen molar-refractivity contribution in [3.8, 4) is 0 Å². The van der Waals surface area contributed by atoms with Gasteiger partial charge in [-0.05, 0) is 32.0 Å². The monoisotopic (exact) mass is 308 g/mol. The van der Waals surface area contributed by atoms with Gasteiger partial charge in [0.1, 0.15) is 0 Å². The second-order valence-electron chi connectivity index (χ2n) is 4.65. The molecule has 0 saturated heterocycles. The predicted octanol–water partition coefficient (Wildman–Crippen LogP) is 2.58. The minimum absolute atomic E-state index is 0.0414. The Morgan fingerprint density at radius 1 is 1.40 bits per heavy atom. The molecule has 2 rings (SSSR count). The lowest BCUT2D eigenvalue weighted by Gasteiger charge is -2.11. The van der Waals surface area contributed by atoms with Crippen molar-refractivity contribution in [2.75, 3.05) is 0 Å². The fourth-order valence-corrected chi connectivity index (χ4v) is 3.65. The quantitative estimate of drug-likeness (QED) is 0.891. The van der Waals surface area contributed by atoms with Crippen LogP contribution in [-0.4, -0.2) is 17.9 Å². The molecule has 2 amide bonds. The van der Waals surface area contributed by atoms with Gasteiger partial charge >= 0.3 is 0 Å². The third kappa shape index (κ3) is 3.68. The summed E-state index contributed by atoms with van der Waals surface area (Å²) in [5.74, 6) is -0.675. The maximum absolute atomic E-state index is 12.0. The number of aryl methyl sites for hydroxylation is 1. The third-order valence-corrected chi connectivity index (χ3v) is 4.74. The van der Waals surface area contributed by atoms with E-state index in [1.54, 1.807) is 16.7 Å². The van der Waals surface area contributed by atoms with Gasteiger partial charge in [0.2, 0.25) is 5.91 Å². The molecule has 0 aliphatic rings. The predicted molar refractivity (Wildman–Crippen MR) is 82.5 cm³/mol. The van der Waals surface area contributed by atoms with Crippen LogP contribution in [0, 0.1) is 6.92 Å². The molecule has 0 aromatic carbocycles. The highest BCUT2D eigenvalue weighted by Gasteiger charge is 2.14. The van der Waals surface area contributed by atoms with Crippen LogP contribution in [0.5, 0.6) is 0 Å². The zero-order valence-electron chi connectivity index (χ0n) is 11.3. The number of carbonyl (C=O) groups is 2. The normalized spacial score (nSPS) is 12.1. The molecule has 6 heteroatoms. The van der Waals surface area contributed by atoms with Crippen molar-refractivity contribution >= 4 is 34.5 Å². The van der Waals surface area contributed by atoms with E-state index in [1.165, 1.54) is 27.2 Å². The molecule has 0 spiro atoms. The first-order valence-electron chi connectivity index (χ1n) is 6.20. The van der Waals surface area contributed by atoms with Gasteiger partial charge in [-0.3, -0.25) is 9.59 Å². The lowest BCUT2D eigenvalue weighted by atomic mass is 10.2. The topological polar surface area (TPSA) is 72.2 Å². The van der Waals surface area contributed by atoms with Crippen molar-refractivity contribution in [3.63, 3.8) is 0 Å². The maximum atomic E-state index is 12.0. The van der Waals surface area contributed by atoms with Crippen molar-refractivity contribution in [1.82, 2.24) is 5.32 Å². The van der Waals surface area contributed by atoms with Gasteiger partial charge in [0, 0.05) is 27.6 Å². The number of primary amides is 1. The van der Waals surface area contributed by atoms with Crippen LogP contribution in [0.15, 0.2) is 23.6 Å². The highest BCUT2D eigenvalue weighted by atomic mass is 32.1. The molecule has 2 aromatic rings. The molecule has 1 unspecified atom stereocenters. The van der Waals surface area contributed by atoms with Gasteiger partial charge < -0.3 is 11.1 Å². The van der Waals surface area contributed by atoms with Gasteiger partial charge in [-0.25, -0.2) is 0 Å². The highest BCUT2D eigenvalue weighted by molar-refractivity contribution is 7.12. The summed E-state index contributed by atoms with van der Waals surface area (Å²) in [5, 5.41) is 4.53. The average Bonchev–Trinajstić information content (AvgIpc) is 2.98.